The van der Waals surface area contributed by atoms with Gasteiger partial charge in [0.2, 0.25) is 11.7 Å². The number of alkyl halides is 3. The first-order chi connectivity index (χ1) is 11.4. The van der Waals surface area contributed by atoms with E-state index in [1.807, 2.05) is 0 Å². The Labute approximate surface area is 136 Å². The Bertz CT molecular complexity index is 706. The molecule has 8 heteroatoms. The molecule has 3 rings (SSSR count). The number of aryl methyl sites for hydroxylation is 1. The first-order valence-electron chi connectivity index (χ1n) is 7.69. The fourth-order valence-corrected chi connectivity index (χ4v) is 2.20. The van der Waals surface area contributed by atoms with Gasteiger partial charge in [0.1, 0.15) is 0 Å². The van der Waals surface area contributed by atoms with Crippen LogP contribution in [-0.2, 0) is 17.4 Å². The Kier molecular flexibility index (Phi) is 4.55. The van der Waals surface area contributed by atoms with Crippen LogP contribution in [0.3, 0.4) is 0 Å². The monoisotopic (exact) mass is 339 g/mol. The second-order valence-corrected chi connectivity index (χ2v) is 5.87. The predicted molar refractivity (Wildman–Crippen MR) is 78.8 cm³/mol. The minimum absolute atomic E-state index is 0.0129. The Morgan fingerprint density at radius 3 is 2.54 bits per heavy atom. The van der Waals surface area contributed by atoms with Gasteiger partial charge in [-0.1, -0.05) is 29.4 Å². The maximum absolute atomic E-state index is 12.4. The highest BCUT2D eigenvalue weighted by atomic mass is 19.4. The summed E-state index contributed by atoms with van der Waals surface area (Å²) in [5, 5.41) is 6.22. The van der Waals surface area contributed by atoms with Crippen LogP contribution < -0.4 is 5.32 Å². The number of nitrogens with zero attached hydrogens (tertiary/aromatic N) is 2. The van der Waals surface area contributed by atoms with Gasteiger partial charge in [0, 0.05) is 18.5 Å². The number of carbonyl (C=O) groups is 1. The van der Waals surface area contributed by atoms with E-state index in [2.05, 4.69) is 20.0 Å². The third kappa shape index (κ3) is 4.33. The van der Waals surface area contributed by atoms with E-state index in [9.17, 15) is 18.0 Å². The van der Waals surface area contributed by atoms with Crippen LogP contribution in [0.1, 0.15) is 30.7 Å². The molecule has 1 N–H and O–H groups in total. The minimum Gasteiger partial charge on any atom is -0.356 e. The van der Waals surface area contributed by atoms with Gasteiger partial charge in [-0.3, -0.25) is 4.79 Å². The lowest BCUT2D eigenvalue weighted by atomic mass is 10.1. The van der Waals surface area contributed by atoms with Crippen LogP contribution in [0.15, 0.2) is 28.8 Å². The molecule has 128 valence electrons. The number of hydrogen-bond donors (Lipinski definition) is 1. The fourth-order valence-electron chi connectivity index (χ4n) is 2.20. The highest BCUT2D eigenvalue weighted by Crippen LogP contribution is 2.29. The van der Waals surface area contributed by atoms with E-state index in [0.717, 1.165) is 12.1 Å². The first kappa shape index (κ1) is 16.5. The van der Waals surface area contributed by atoms with Crippen molar-refractivity contribution in [3.05, 3.63) is 35.7 Å². The molecule has 0 atom stereocenters. The molecule has 1 amide bonds. The van der Waals surface area contributed by atoms with Gasteiger partial charge in [-0.2, -0.15) is 18.2 Å². The summed E-state index contributed by atoms with van der Waals surface area (Å²) in [4.78, 5) is 15.0. The van der Waals surface area contributed by atoms with Crippen molar-refractivity contribution in [3.63, 3.8) is 0 Å². The SMILES string of the molecule is O=C(CCc1ccc(-c2noc(C(F)(F)F)n2)cc1)NCC1CC1. The van der Waals surface area contributed by atoms with E-state index in [1.165, 1.54) is 12.8 Å². The van der Waals surface area contributed by atoms with Gasteiger partial charge < -0.3 is 9.84 Å². The van der Waals surface area contributed by atoms with Crippen molar-refractivity contribution in [3.8, 4) is 11.4 Å². The Morgan fingerprint density at radius 1 is 1.25 bits per heavy atom. The number of aromatic nitrogens is 2. The minimum atomic E-state index is -4.65. The molecule has 1 fully saturated rings. The first-order valence-corrected chi connectivity index (χ1v) is 7.69. The molecule has 1 heterocycles. The summed E-state index contributed by atoms with van der Waals surface area (Å²) < 4.78 is 41.5. The van der Waals surface area contributed by atoms with Gasteiger partial charge in [0.15, 0.2) is 0 Å². The Morgan fingerprint density at radius 2 is 1.96 bits per heavy atom. The van der Waals surface area contributed by atoms with Crippen molar-refractivity contribution in [2.45, 2.75) is 31.9 Å². The van der Waals surface area contributed by atoms with E-state index in [1.54, 1.807) is 24.3 Å². The van der Waals surface area contributed by atoms with Gasteiger partial charge in [0.25, 0.3) is 0 Å². The number of hydrogen-bond acceptors (Lipinski definition) is 4. The lowest BCUT2D eigenvalue weighted by Crippen LogP contribution is -2.25. The highest BCUT2D eigenvalue weighted by molar-refractivity contribution is 5.76. The van der Waals surface area contributed by atoms with Crippen LogP contribution in [0.2, 0.25) is 0 Å². The largest absolute Gasteiger partial charge is 0.471 e. The zero-order valence-corrected chi connectivity index (χ0v) is 12.8. The highest BCUT2D eigenvalue weighted by Gasteiger charge is 2.38. The molecule has 0 radical (unpaired) electrons. The van der Waals surface area contributed by atoms with Crippen LogP contribution in [0.4, 0.5) is 13.2 Å². The molecule has 1 aromatic carbocycles. The van der Waals surface area contributed by atoms with Crippen molar-refractivity contribution in [1.82, 2.24) is 15.5 Å². The quantitative estimate of drug-likeness (QED) is 0.877. The molecule has 24 heavy (non-hydrogen) atoms. The summed E-state index contributed by atoms with van der Waals surface area (Å²) in [5.41, 5.74) is 1.34. The maximum atomic E-state index is 12.4. The number of benzene rings is 1. The van der Waals surface area contributed by atoms with Crippen molar-refractivity contribution >= 4 is 5.91 Å². The molecule has 0 saturated heterocycles. The van der Waals surface area contributed by atoms with Crippen LogP contribution in [-0.4, -0.2) is 22.6 Å². The van der Waals surface area contributed by atoms with Crippen molar-refractivity contribution in [2.24, 2.45) is 5.92 Å². The number of halogens is 3. The van der Waals surface area contributed by atoms with E-state index in [-0.39, 0.29) is 11.7 Å². The zero-order chi connectivity index (χ0) is 17.2. The molecule has 5 nitrogen and oxygen atoms in total. The Hall–Kier alpha value is -2.38. The third-order valence-electron chi connectivity index (χ3n) is 3.81. The predicted octanol–water partition coefficient (Wildman–Crippen LogP) is 3.21. The van der Waals surface area contributed by atoms with E-state index >= 15 is 0 Å². The lowest BCUT2D eigenvalue weighted by molar-refractivity contribution is -0.159. The number of carbonyl (C=O) groups excluding carboxylic acids is 1. The zero-order valence-electron chi connectivity index (χ0n) is 12.8. The molecule has 1 saturated carbocycles. The van der Waals surface area contributed by atoms with Gasteiger partial charge in [0.05, 0.1) is 0 Å². The second-order valence-electron chi connectivity index (χ2n) is 5.87. The van der Waals surface area contributed by atoms with Gasteiger partial charge >= 0.3 is 12.1 Å². The number of amides is 1. The molecule has 1 aromatic heterocycles. The summed E-state index contributed by atoms with van der Waals surface area (Å²) in [6, 6.07) is 6.71. The summed E-state index contributed by atoms with van der Waals surface area (Å²) >= 11 is 0. The number of rotatable bonds is 6. The summed E-state index contributed by atoms with van der Waals surface area (Å²) in [6.45, 7) is 0.747. The van der Waals surface area contributed by atoms with Crippen molar-refractivity contribution in [1.29, 1.82) is 0 Å². The molecule has 1 aliphatic carbocycles. The van der Waals surface area contributed by atoms with Crippen LogP contribution >= 0.6 is 0 Å². The van der Waals surface area contributed by atoms with Crippen LogP contribution in [0.5, 0.6) is 0 Å². The average molecular weight is 339 g/mol. The summed E-state index contributed by atoms with van der Waals surface area (Å²) in [5.74, 6) is -0.825. The molecule has 2 aromatic rings. The van der Waals surface area contributed by atoms with Gasteiger partial charge in [-0.25, -0.2) is 0 Å². The molecule has 0 spiro atoms. The fraction of sp³-hybridized carbons (Fsp3) is 0.438. The van der Waals surface area contributed by atoms with Gasteiger partial charge in [-0.05, 0) is 30.7 Å². The molecular weight excluding hydrogens is 323 g/mol. The maximum Gasteiger partial charge on any atom is 0.471 e. The molecule has 0 aliphatic heterocycles. The molecule has 1 aliphatic rings. The van der Waals surface area contributed by atoms with E-state index < -0.39 is 12.1 Å². The van der Waals surface area contributed by atoms with Crippen LogP contribution in [0.25, 0.3) is 11.4 Å². The lowest BCUT2D eigenvalue weighted by Gasteiger charge is -2.04. The van der Waals surface area contributed by atoms with Crippen molar-refractivity contribution < 1.29 is 22.5 Å². The normalized spacial score (nSPS) is 14.6. The second kappa shape index (κ2) is 6.62. The summed E-state index contributed by atoms with van der Waals surface area (Å²) in [6.07, 6.45) is -1.33. The number of nitrogens with one attached hydrogen (secondary N) is 1. The Balaban J connectivity index is 1.54. The topological polar surface area (TPSA) is 68.0 Å². The van der Waals surface area contributed by atoms with Crippen LogP contribution in [0, 0.1) is 5.92 Å². The smallest absolute Gasteiger partial charge is 0.356 e. The standard InChI is InChI=1S/C16H16F3N3O2/c17-16(18,19)15-21-14(22-24-15)12-6-3-10(4-7-12)5-8-13(23)20-9-11-1-2-11/h3-4,6-7,11H,1-2,5,8-9H2,(H,20,23). The molecule has 0 bridgehead atoms. The van der Waals surface area contributed by atoms with E-state index in [4.69, 9.17) is 0 Å². The average Bonchev–Trinajstić information content (AvgIpc) is 3.23. The van der Waals surface area contributed by atoms with Gasteiger partial charge in [-0.15, -0.1) is 0 Å². The molecular formula is C16H16F3N3O2. The third-order valence-corrected chi connectivity index (χ3v) is 3.81. The molecule has 0 unspecified atom stereocenters. The van der Waals surface area contributed by atoms with E-state index in [0.29, 0.717) is 24.3 Å². The van der Waals surface area contributed by atoms with Crippen molar-refractivity contribution in [2.75, 3.05) is 6.54 Å². The summed E-state index contributed by atoms with van der Waals surface area (Å²) in [7, 11) is 0.